The normalized spacial score (nSPS) is 33.3. The largest absolute Gasteiger partial charge is 0.493 e. The minimum atomic E-state index is -0.310. The number of nitrogens with one attached hydrogen (secondary N) is 2. The highest BCUT2D eigenvalue weighted by Gasteiger charge is 2.59. The van der Waals surface area contributed by atoms with Gasteiger partial charge in [0.1, 0.15) is 0 Å². The molecule has 5 nitrogen and oxygen atoms in total. The minimum absolute atomic E-state index is 0.105. The number of methoxy groups -OCH3 is 1. The molecule has 1 aromatic carbocycles. The first-order valence-corrected chi connectivity index (χ1v) is 12.2. The van der Waals surface area contributed by atoms with Crippen LogP contribution in [0.15, 0.2) is 12.1 Å². The molecule has 0 aliphatic heterocycles. The summed E-state index contributed by atoms with van der Waals surface area (Å²) in [6.45, 7) is 11.4. The van der Waals surface area contributed by atoms with Crippen LogP contribution in [0.25, 0.3) is 0 Å². The lowest BCUT2D eigenvalue weighted by atomic mass is 9.43. The van der Waals surface area contributed by atoms with Gasteiger partial charge in [-0.15, -0.1) is 0 Å². The van der Waals surface area contributed by atoms with Gasteiger partial charge >= 0.3 is 0 Å². The predicted molar refractivity (Wildman–Crippen MR) is 128 cm³/mol. The van der Waals surface area contributed by atoms with E-state index in [2.05, 4.69) is 24.5 Å². The Morgan fingerprint density at radius 1 is 1.12 bits per heavy atom. The highest BCUT2D eigenvalue weighted by atomic mass is 35.5. The van der Waals surface area contributed by atoms with E-state index in [-0.39, 0.29) is 23.6 Å². The first-order valence-electron chi connectivity index (χ1n) is 11.9. The maximum Gasteiger partial charge on any atom is 0.258 e. The summed E-state index contributed by atoms with van der Waals surface area (Å²) in [5, 5.41) is 7.30. The Labute approximate surface area is 198 Å². The third kappa shape index (κ3) is 5.04. The van der Waals surface area contributed by atoms with Gasteiger partial charge in [0.2, 0.25) is 0 Å². The van der Waals surface area contributed by atoms with E-state index in [4.69, 9.17) is 21.1 Å². The lowest BCUT2D eigenvalue weighted by Gasteiger charge is -2.65. The molecule has 6 heteroatoms. The van der Waals surface area contributed by atoms with Crippen molar-refractivity contribution in [3.8, 4) is 11.5 Å². The number of ether oxygens (including phenoxy) is 2. The van der Waals surface area contributed by atoms with Gasteiger partial charge in [0.15, 0.2) is 18.1 Å². The second-order valence-electron chi connectivity index (χ2n) is 12.5. The molecule has 0 spiro atoms. The Balaban J connectivity index is 1.44. The highest BCUT2D eigenvalue weighted by Crippen LogP contribution is 2.66. The maximum absolute atomic E-state index is 12.1. The van der Waals surface area contributed by atoms with Crippen molar-refractivity contribution in [1.29, 1.82) is 0 Å². The number of carbonyl (C=O) groups excluding carboxylic acids is 1. The molecule has 4 saturated carbocycles. The van der Waals surface area contributed by atoms with Crippen molar-refractivity contribution in [2.24, 2.45) is 16.7 Å². The average molecular weight is 463 g/mol. The lowest BCUT2D eigenvalue weighted by Crippen LogP contribution is -2.63. The Hall–Kier alpha value is -1.46. The van der Waals surface area contributed by atoms with Gasteiger partial charge in [0.25, 0.3) is 5.91 Å². The molecule has 4 bridgehead atoms. The molecule has 178 valence electrons. The molecule has 1 aromatic rings. The van der Waals surface area contributed by atoms with E-state index in [0.29, 0.717) is 27.4 Å². The van der Waals surface area contributed by atoms with Crippen LogP contribution in [-0.2, 0) is 11.3 Å². The Bertz CT molecular complexity index is 876. The molecular formula is C26H39ClN2O3. The molecule has 0 aromatic heterocycles. The van der Waals surface area contributed by atoms with E-state index in [1.54, 1.807) is 7.11 Å². The Kier molecular flexibility index (Phi) is 5.99. The van der Waals surface area contributed by atoms with Gasteiger partial charge in [-0.1, -0.05) is 25.4 Å². The van der Waals surface area contributed by atoms with Crippen molar-refractivity contribution in [1.82, 2.24) is 10.6 Å². The fourth-order valence-electron chi connectivity index (χ4n) is 7.54. The fraction of sp³-hybridized carbons (Fsp3) is 0.731. The van der Waals surface area contributed by atoms with E-state index in [1.807, 2.05) is 32.9 Å². The highest BCUT2D eigenvalue weighted by molar-refractivity contribution is 6.32. The molecular weight excluding hydrogens is 424 g/mol. The standard InChI is InChI=1S/C26H39ClN2O3/c1-23(2,3)29-21(30)13-32-22-19(27)7-17(8-20(22)31-6)12-28-26-11-18-9-24(4,15-26)14-25(5,10-18)16-26/h7-8,18,28H,9-16H2,1-6H3,(H,29,30)/t18?,24-,25-,26?/m1/s1. The maximum atomic E-state index is 12.1. The summed E-state index contributed by atoms with van der Waals surface area (Å²) in [7, 11) is 1.60. The summed E-state index contributed by atoms with van der Waals surface area (Å²) in [5.41, 5.74) is 1.94. The van der Waals surface area contributed by atoms with Gasteiger partial charge in [-0.05, 0) is 93.7 Å². The van der Waals surface area contributed by atoms with Crippen molar-refractivity contribution in [2.45, 2.75) is 90.8 Å². The topological polar surface area (TPSA) is 59.6 Å². The summed E-state index contributed by atoms with van der Waals surface area (Å²) in [5.74, 6) is 1.63. The number of carbonyl (C=O) groups is 1. The quantitative estimate of drug-likeness (QED) is 0.563. The van der Waals surface area contributed by atoms with Crippen LogP contribution >= 0.6 is 11.6 Å². The molecule has 32 heavy (non-hydrogen) atoms. The van der Waals surface area contributed by atoms with Crippen LogP contribution in [0, 0.1) is 16.7 Å². The zero-order chi connectivity index (χ0) is 23.4. The van der Waals surface area contributed by atoms with E-state index in [9.17, 15) is 4.79 Å². The van der Waals surface area contributed by atoms with Gasteiger partial charge in [0.05, 0.1) is 12.1 Å². The molecule has 2 atom stereocenters. The van der Waals surface area contributed by atoms with E-state index in [1.165, 1.54) is 38.5 Å². The molecule has 1 amide bonds. The monoisotopic (exact) mass is 462 g/mol. The first kappa shape index (κ1) is 23.7. The molecule has 0 heterocycles. The van der Waals surface area contributed by atoms with Gasteiger partial charge < -0.3 is 20.1 Å². The smallest absolute Gasteiger partial charge is 0.258 e. The molecule has 4 aliphatic rings. The lowest BCUT2D eigenvalue weighted by molar-refractivity contribution is -0.124. The van der Waals surface area contributed by atoms with Crippen molar-refractivity contribution in [3.63, 3.8) is 0 Å². The van der Waals surface area contributed by atoms with Gasteiger partial charge in [-0.2, -0.15) is 0 Å². The number of amides is 1. The Morgan fingerprint density at radius 3 is 2.34 bits per heavy atom. The number of benzene rings is 1. The van der Waals surface area contributed by atoms with Crippen molar-refractivity contribution in [2.75, 3.05) is 13.7 Å². The average Bonchev–Trinajstić information content (AvgIpc) is 2.60. The van der Waals surface area contributed by atoms with Gasteiger partial charge in [0, 0.05) is 17.6 Å². The van der Waals surface area contributed by atoms with Crippen molar-refractivity contribution < 1.29 is 14.3 Å². The number of hydrogen-bond donors (Lipinski definition) is 2. The zero-order valence-electron chi connectivity index (χ0n) is 20.5. The molecule has 0 radical (unpaired) electrons. The Morgan fingerprint density at radius 2 is 1.78 bits per heavy atom. The van der Waals surface area contributed by atoms with Crippen LogP contribution < -0.4 is 20.1 Å². The van der Waals surface area contributed by atoms with Crippen LogP contribution in [0.1, 0.15) is 78.7 Å². The summed E-state index contributed by atoms with van der Waals surface area (Å²) in [6, 6.07) is 3.90. The van der Waals surface area contributed by atoms with E-state index in [0.717, 1.165) is 18.0 Å². The minimum Gasteiger partial charge on any atom is -0.493 e. The predicted octanol–water partition coefficient (Wildman–Crippen LogP) is 5.48. The summed E-state index contributed by atoms with van der Waals surface area (Å²) in [6.07, 6.45) is 7.96. The van der Waals surface area contributed by atoms with Crippen LogP contribution in [0.2, 0.25) is 5.02 Å². The van der Waals surface area contributed by atoms with Crippen LogP contribution in [0.3, 0.4) is 0 Å². The van der Waals surface area contributed by atoms with Gasteiger partial charge in [-0.25, -0.2) is 0 Å². The third-order valence-electron chi connectivity index (χ3n) is 7.45. The number of halogens is 1. The molecule has 2 N–H and O–H groups in total. The molecule has 4 fully saturated rings. The first-order chi connectivity index (χ1) is 14.8. The number of hydrogen-bond acceptors (Lipinski definition) is 4. The van der Waals surface area contributed by atoms with Crippen LogP contribution in [0.4, 0.5) is 0 Å². The fourth-order valence-corrected chi connectivity index (χ4v) is 7.83. The van der Waals surface area contributed by atoms with Crippen LogP contribution in [-0.4, -0.2) is 30.7 Å². The second kappa shape index (κ2) is 8.09. The third-order valence-corrected chi connectivity index (χ3v) is 7.73. The van der Waals surface area contributed by atoms with E-state index >= 15 is 0 Å². The molecule has 5 rings (SSSR count). The summed E-state index contributed by atoms with van der Waals surface area (Å²) >= 11 is 6.56. The molecule has 0 unspecified atom stereocenters. The van der Waals surface area contributed by atoms with E-state index < -0.39 is 0 Å². The SMILES string of the molecule is COc1cc(CNC23CC4C[C@@](C)(C2)C[C@@](C)(C4)C3)cc(Cl)c1OCC(=O)NC(C)(C)C. The molecule has 0 saturated heterocycles. The van der Waals surface area contributed by atoms with Crippen molar-refractivity contribution >= 4 is 17.5 Å². The molecule has 4 aliphatic carbocycles. The van der Waals surface area contributed by atoms with Gasteiger partial charge in [-0.3, -0.25) is 4.79 Å². The second-order valence-corrected chi connectivity index (χ2v) is 12.9. The van der Waals surface area contributed by atoms with Crippen LogP contribution in [0.5, 0.6) is 11.5 Å². The number of rotatable bonds is 7. The zero-order valence-corrected chi connectivity index (χ0v) is 21.2. The van der Waals surface area contributed by atoms with Crippen molar-refractivity contribution in [3.05, 3.63) is 22.7 Å². The summed E-state index contributed by atoms with van der Waals surface area (Å²) < 4.78 is 11.3. The summed E-state index contributed by atoms with van der Waals surface area (Å²) in [4.78, 5) is 12.1.